The summed E-state index contributed by atoms with van der Waals surface area (Å²) in [5, 5.41) is 12.1. The fourth-order valence-electron chi connectivity index (χ4n) is 2.35. The fourth-order valence-corrected chi connectivity index (χ4v) is 5.15. The van der Waals surface area contributed by atoms with Crippen molar-refractivity contribution in [1.82, 2.24) is 20.0 Å². The Kier molecular flexibility index (Phi) is 3.95. The number of aryl methyl sites for hydroxylation is 1. The molecular formula is C12H13F3N4O2S2. The smallest absolute Gasteiger partial charge is 0.262 e. The Bertz CT molecular complexity index is 822. The zero-order valence-electron chi connectivity index (χ0n) is 12.0. The van der Waals surface area contributed by atoms with E-state index in [-0.39, 0.29) is 5.01 Å². The summed E-state index contributed by atoms with van der Waals surface area (Å²) >= 11 is 1.15. The second kappa shape index (κ2) is 5.55. The maximum absolute atomic E-state index is 13.0. The molecule has 0 radical (unpaired) electrons. The van der Waals surface area contributed by atoms with Crippen molar-refractivity contribution in [1.29, 1.82) is 0 Å². The zero-order valence-corrected chi connectivity index (χ0v) is 13.7. The molecule has 0 aromatic carbocycles. The molecule has 0 amide bonds. The molecule has 0 aliphatic heterocycles. The molecular weight excluding hydrogens is 353 g/mol. The van der Waals surface area contributed by atoms with Gasteiger partial charge in [-0.1, -0.05) is 6.42 Å². The van der Waals surface area contributed by atoms with Crippen molar-refractivity contribution in [2.75, 3.05) is 0 Å². The van der Waals surface area contributed by atoms with Crippen LogP contribution >= 0.6 is 11.3 Å². The summed E-state index contributed by atoms with van der Waals surface area (Å²) in [5.74, 6) is -0.306. The topological polar surface area (TPSA) is 77.7 Å². The molecule has 1 aliphatic carbocycles. The van der Waals surface area contributed by atoms with E-state index in [1.54, 1.807) is 0 Å². The van der Waals surface area contributed by atoms with Crippen molar-refractivity contribution in [2.45, 2.75) is 42.0 Å². The highest BCUT2D eigenvalue weighted by atomic mass is 32.2. The Balaban J connectivity index is 1.89. The molecule has 0 N–H and O–H groups in total. The van der Waals surface area contributed by atoms with Crippen LogP contribution in [-0.2, 0) is 28.8 Å². The lowest BCUT2D eigenvalue weighted by molar-refractivity contribution is -0.146. The van der Waals surface area contributed by atoms with Gasteiger partial charge in [0.05, 0.1) is 6.20 Å². The fraction of sp³-hybridized carbons (Fsp3) is 0.583. The molecule has 0 atom stereocenters. The first-order chi connectivity index (χ1) is 10.7. The highest BCUT2D eigenvalue weighted by Crippen LogP contribution is 2.39. The molecule has 2 aromatic rings. The highest BCUT2D eigenvalue weighted by Gasteiger charge is 2.41. The van der Waals surface area contributed by atoms with Gasteiger partial charge in [-0.15, -0.1) is 21.5 Å². The van der Waals surface area contributed by atoms with Gasteiger partial charge in [-0.2, -0.15) is 18.3 Å². The van der Waals surface area contributed by atoms with Gasteiger partial charge in [0.25, 0.3) is 0 Å². The van der Waals surface area contributed by atoms with E-state index in [0.29, 0.717) is 10.6 Å². The van der Waals surface area contributed by atoms with Gasteiger partial charge in [0.1, 0.15) is 20.7 Å². The van der Waals surface area contributed by atoms with E-state index in [1.165, 1.54) is 0 Å². The van der Waals surface area contributed by atoms with Crippen LogP contribution in [0.1, 0.15) is 40.9 Å². The molecule has 2 heterocycles. The number of alkyl halides is 3. The van der Waals surface area contributed by atoms with Crippen LogP contribution < -0.4 is 0 Å². The molecule has 3 rings (SSSR count). The first-order valence-corrected chi connectivity index (χ1v) is 9.29. The molecule has 11 heteroatoms. The molecule has 0 spiro atoms. The van der Waals surface area contributed by atoms with Crippen molar-refractivity contribution in [3.8, 4) is 0 Å². The van der Waals surface area contributed by atoms with Gasteiger partial charge in [0.15, 0.2) is 15.5 Å². The molecule has 0 unspecified atom stereocenters. The average Bonchev–Trinajstić information content (AvgIpc) is 2.93. The summed E-state index contributed by atoms with van der Waals surface area (Å²) in [6.07, 6.45) is -0.995. The summed E-state index contributed by atoms with van der Waals surface area (Å²) < 4.78 is 64.3. The third-order valence-electron chi connectivity index (χ3n) is 3.76. The molecule has 0 saturated heterocycles. The van der Waals surface area contributed by atoms with Crippen LogP contribution in [0, 0.1) is 0 Å². The van der Waals surface area contributed by atoms with E-state index in [2.05, 4.69) is 15.3 Å². The van der Waals surface area contributed by atoms with Crippen LogP contribution in [0.2, 0.25) is 0 Å². The predicted molar refractivity (Wildman–Crippen MR) is 75.6 cm³/mol. The molecule has 1 aliphatic rings. The maximum atomic E-state index is 13.0. The number of halogens is 3. The van der Waals surface area contributed by atoms with Crippen molar-refractivity contribution < 1.29 is 21.6 Å². The van der Waals surface area contributed by atoms with Crippen LogP contribution in [-0.4, -0.2) is 28.4 Å². The summed E-state index contributed by atoms with van der Waals surface area (Å²) in [6.45, 7) is 0. The Labute approximate surface area is 134 Å². The Morgan fingerprint density at radius 3 is 2.61 bits per heavy atom. The van der Waals surface area contributed by atoms with Crippen LogP contribution in [0.15, 0.2) is 11.1 Å². The van der Waals surface area contributed by atoms with E-state index in [0.717, 1.165) is 48.9 Å². The van der Waals surface area contributed by atoms with Crippen LogP contribution in [0.5, 0.6) is 0 Å². The molecule has 23 heavy (non-hydrogen) atoms. The van der Waals surface area contributed by atoms with Crippen molar-refractivity contribution in [3.05, 3.63) is 21.9 Å². The Morgan fingerprint density at radius 1 is 1.35 bits per heavy atom. The number of nitrogens with zero attached hydrogens (tertiary/aromatic N) is 4. The van der Waals surface area contributed by atoms with Crippen molar-refractivity contribution in [2.24, 2.45) is 7.05 Å². The number of aromatic nitrogens is 4. The molecule has 1 saturated carbocycles. The largest absolute Gasteiger partial charge is 0.434 e. The van der Waals surface area contributed by atoms with Gasteiger partial charge >= 0.3 is 6.18 Å². The van der Waals surface area contributed by atoms with Crippen molar-refractivity contribution >= 4 is 21.2 Å². The molecule has 2 aromatic heterocycles. The lowest BCUT2D eigenvalue weighted by Crippen LogP contribution is -2.17. The monoisotopic (exact) mass is 366 g/mol. The van der Waals surface area contributed by atoms with Crippen molar-refractivity contribution in [3.63, 3.8) is 0 Å². The number of hydrogen-bond acceptors (Lipinski definition) is 6. The minimum absolute atomic E-state index is 0.198. The standard InChI is InChI=1S/C12H13F3N4O2S2/c1-19-10(12(13,14)15)8(5-16-19)23(20,21)6-9-17-18-11(22-9)7-3-2-4-7/h5,7H,2-4,6H2,1H3. The summed E-state index contributed by atoms with van der Waals surface area (Å²) in [6, 6.07) is 0. The number of rotatable bonds is 4. The zero-order chi connectivity index (χ0) is 16.8. The average molecular weight is 366 g/mol. The lowest BCUT2D eigenvalue weighted by Gasteiger charge is -2.21. The van der Waals surface area contributed by atoms with E-state index in [9.17, 15) is 21.6 Å². The number of sulfone groups is 1. The van der Waals surface area contributed by atoms with E-state index >= 15 is 0 Å². The molecule has 0 bridgehead atoms. The normalized spacial score (nSPS) is 16.5. The van der Waals surface area contributed by atoms with Crippen LogP contribution in [0.4, 0.5) is 13.2 Å². The first kappa shape index (κ1) is 16.4. The Morgan fingerprint density at radius 2 is 2.04 bits per heavy atom. The van der Waals surface area contributed by atoms with Gasteiger partial charge in [-0.05, 0) is 12.8 Å². The van der Waals surface area contributed by atoms with Gasteiger partial charge in [0.2, 0.25) is 0 Å². The van der Waals surface area contributed by atoms with E-state index < -0.39 is 32.4 Å². The van der Waals surface area contributed by atoms with Gasteiger partial charge < -0.3 is 0 Å². The van der Waals surface area contributed by atoms with Gasteiger partial charge in [0, 0.05) is 13.0 Å². The summed E-state index contributed by atoms with van der Waals surface area (Å²) in [7, 11) is -3.15. The molecule has 126 valence electrons. The second-order valence-electron chi connectivity index (χ2n) is 5.40. The molecule has 1 fully saturated rings. The quantitative estimate of drug-likeness (QED) is 0.831. The minimum atomic E-state index is -4.80. The minimum Gasteiger partial charge on any atom is -0.262 e. The van der Waals surface area contributed by atoms with Gasteiger partial charge in [-0.25, -0.2) is 8.42 Å². The molecule has 6 nitrogen and oxygen atoms in total. The summed E-state index contributed by atoms with van der Waals surface area (Å²) in [5.41, 5.74) is -1.28. The third-order valence-corrected chi connectivity index (χ3v) is 6.65. The second-order valence-corrected chi connectivity index (χ2v) is 8.45. The van der Waals surface area contributed by atoms with Crippen LogP contribution in [0.25, 0.3) is 0 Å². The lowest BCUT2D eigenvalue weighted by atomic mass is 9.86. The van der Waals surface area contributed by atoms with Gasteiger partial charge in [-0.3, -0.25) is 4.68 Å². The third kappa shape index (κ3) is 3.11. The maximum Gasteiger partial charge on any atom is 0.434 e. The van der Waals surface area contributed by atoms with E-state index in [1.807, 2.05) is 0 Å². The predicted octanol–water partition coefficient (Wildman–Crippen LogP) is 2.53. The highest BCUT2D eigenvalue weighted by molar-refractivity contribution is 7.90. The van der Waals surface area contributed by atoms with Crippen LogP contribution in [0.3, 0.4) is 0 Å². The Hall–Kier alpha value is -1.49. The SMILES string of the molecule is Cn1ncc(S(=O)(=O)Cc2nnc(C3CCC3)s2)c1C(F)(F)F. The number of hydrogen-bond donors (Lipinski definition) is 0. The first-order valence-electron chi connectivity index (χ1n) is 6.82. The summed E-state index contributed by atoms with van der Waals surface area (Å²) in [4.78, 5) is -0.826. The van der Waals surface area contributed by atoms with E-state index in [4.69, 9.17) is 0 Å².